The third-order valence-electron chi connectivity index (χ3n) is 3.17. The van der Waals surface area contributed by atoms with Crippen molar-refractivity contribution in [2.75, 3.05) is 0 Å². The fraction of sp³-hybridized carbons (Fsp3) is 0.118. The Balaban J connectivity index is 1.77. The average Bonchev–Trinajstić information content (AvgIpc) is 2.81. The van der Waals surface area contributed by atoms with Gasteiger partial charge >= 0.3 is 5.97 Å². The lowest BCUT2D eigenvalue weighted by molar-refractivity contribution is -0.133. The highest BCUT2D eigenvalue weighted by atomic mass is 19.1. The maximum absolute atomic E-state index is 13.0. The van der Waals surface area contributed by atoms with Gasteiger partial charge in [-0.25, -0.2) is 4.39 Å². The predicted octanol–water partition coefficient (Wildman–Crippen LogP) is 4.03. The molecule has 0 radical (unpaired) electrons. The number of carbonyl (C=O) groups is 1. The molecule has 0 atom stereocenters. The van der Waals surface area contributed by atoms with E-state index in [1.54, 1.807) is 6.26 Å². The van der Waals surface area contributed by atoms with Crippen LogP contribution in [-0.2, 0) is 11.2 Å². The number of hydrogen-bond donors (Lipinski definition) is 0. The first-order valence-electron chi connectivity index (χ1n) is 6.55. The zero-order valence-electron chi connectivity index (χ0n) is 11.4. The van der Waals surface area contributed by atoms with Crippen molar-refractivity contribution in [3.05, 3.63) is 65.7 Å². The van der Waals surface area contributed by atoms with Crippen LogP contribution in [0, 0.1) is 12.7 Å². The van der Waals surface area contributed by atoms with Gasteiger partial charge in [0.05, 0.1) is 12.7 Å². The van der Waals surface area contributed by atoms with E-state index in [9.17, 15) is 9.18 Å². The standard InChI is InChI=1S/C17H13FO3/c1-11-5-6-15-12(10-20-16(15)7-11)8-17(19)21-14-4-2-3-13(18)9-14/h2-7,9-10H,8H2,1H3. The summed E-state index contributed by atoms with van der Waals surface area (Å²) in [5, 5.41) is 0.886. The first-order valence-corrected chi connectivity index (χ1v) is 6.55. The fourth-order valence-corrected chi connectivity index (χ4v) is 2.18. The summed E-state index contributed by atoms with van der Waals surface area (Å²) in [7, 11) is 0. The summed E-state index contributed by atoms with van der Waals surface area (Å²) in [6.07, 6.45) is 1.63. The first-order chi connectivity index (χ1) is 10.1. The van der Waals surface area contributed by atoms with Crippen LogP contribution in [0.3, 0.4) is 0 Å². The van der Waals surface area contributed by atoms with E-state index < -0.39 is 11.8 Å². The van der Waals surface area contributed by atoms with E-state index in [0.29, 0.717) is 0 Å². The fourth-order valence-electron chi connectivity index (χ4n) is 2.18. The SMILES string of the molecule is Cc1ccc2c(CC(=O)Oc3cccc(F)c3)coc2c1. The summed E-state index contributed by atoms with van der Waals surface area (Å²) >= 11 is 0. The number of furan rings is 1. The molecule has 0 saturated carbocycles. The van der Waals surface area contributed by atoms with Gasteiger partial charge in [-0.05, 0) is 30.7 Å². The molecule has 0 bridgehead atoms. The monoisotopic (exact) mass is 284 g/mol. The van der Waals surface area contributed by atoms with Crippen LogP contribution in [0.25, 0.3) is 11.0 Å². The topological polar surface area (TPSA) is 39.4 Å². The Morgan fingerprint density at radius 1 is 1.24 bits per heavy atom. The largest absolute Gasteiger partial charge is 0.464 e. The normalized spacial score (nSPS) is 10.8. The minimum absolute atomic E-state index is 0.0760. The molecule has 0 aliphatic rings. The summed E-state index contributed by atoms with van der Waals surface area (Å²) in [4.78, 5) is 11.9. The molecule has 0 unspecified atom stereocenters. The Bertz CT molecular complexity index is 805. The predicted molar refractivity (Wildman–Crippen MR) is 76.7 cm³/mol. The van der Waals surface area contributed by atoms with Crippen molar-refractivity contribution in [1.82, 2.24) is 0 Å². The molecule has 3 aromatic rings. The molecule has 21 heavy (non-hydrogen) atoms. The van der Waals surface area contributed by atoms with Crippen molar-refractivity contribution in [2.45, 2.75) is 13.3 Å². The van der Waals surface area contributed by atoms with Crippen molar-refractivity contribution >= 4 is 16.9 Å². The molecule has 0 fully saturated rings. The Hall–Kier alpha value is -2.62. The van der Waals surface area contributed by atoms with Gasteiger partial charge in [-0.2, -0.15) is 0 Å². The lowest BCUT2D eigenvalue weighted by atomic mass is 10.1. The zero-order chi connectivity index (χ0) is 14.8. The maximum atomic E-state index is 13.0. The van der Waals surface area contributed by atoms with Crippen LogP contribution in [0.2, 0.25) is 0 Å². The van der Waals surface area contributed by atoms with Crippen molar-refractivity contribution in [1.29, 1.82) is 0 Å². The number of halogens is 1. The second-order valence-corrected chi connectivity index (χ2v) is 4.87. The van der Waals surface area contributed by atoms with E-state index in [1.807, 2.05) is 25.1 Å². The third kappa shape index (κ3) is 2.94. The quantitative estimate of drug-likeness (QED) is 0.538. The van der Waals surface area contributed by atoms with E-state index in [2.05, 4.69) is 0 Å². The maximum Gasteiger partial charge on any atom is 0.315 e. The second-order valence-electron chi connectivity index (χ2n) is 4.87. The van der Waals surface area contributed by atoms with Gasteiger partial charge in [0.2, 0.25) is 0 Å². The molecular weight excluding hydrogens is 271 g/mol. The molecular formula is C17H13FO3. The van der Waals surface area contributed by atoms with Crippen LogP contribution < -0.4 is 4.74 Å². The number of esters is 1. The Morgan fingerprint density at radius 2 is 2.10 bits per heavy atom. The molecule has 3 nitrogen and oxygen atoms in total. The highest BCUT2D eigenvalue weighted by molar-refractivity contribution is 5.86. The molecule has 106 valence electrons. The van der Waals surface area contributed by atoms with Crippen molar-refractivity contribution in [3.8, 4) is 5.75 Å². The van der Waals surface area contributed by atoms with Gasteiger partial charge in [0.25, 0.3) is 0 Å². The number of fused-ring (bicyclic) bond motifs is 1. The summed E-state index contributed by atoms with van der Waals surface area (Å²) in [5.74, 6) is -0.697. The van der Waals surface area contributed by atoms with Gasteiger partial charge in [0.1, 0.15) is 17.1 Å². The van der Waals surface area contributed by atoms with Gasteiger partial charge < -0.3 is 9.15 Å². The molecule has 0 N–H and O–H groups in total. The van der Waals surface area contributed by atoms with Gasteiger partial charge in [0, 0.05) is 17.0 Å². The van der Waals surface area contributed by atoms with Gasteiger partial charge in [-0.15, -0.1) is 0 Å². The Morgan fingerprint density at radius 3 is 2.90 bits per heavy atom. The van der Waals surface area contributed by atoms with Crippen molar-refractivity contribution in [3.63, 3.8) is 0 Å². The second kappa shape index (κ2) is 5.40. The van der Waals surface area contributed by atoms with Crippen LogP contribution in [-0.4, -0.2) is 5.97 Å². The summed E-state index contributed by atoms with van der Waals surface area (Å²) < 4.78 is 23.6. The van der Waals surface area contributed by atoms with Crippen LogP contribution in [0.4, 0.5) is 4.39 Å². The molecule has 0 aliphatic heterocycles. The van der Waals surface area contributed by atoms with Crippen LogP contribution in [0.1, 0.15) is 11.1 Å². The van der Waals surface area contributed by atoms with Gasteiger partial charge in [0.15, 0.2) is 0 Å². The number of hydrogen-bond acceptors (Lipinski definition) is 3. The summed E-state index contributed by atoms with van der Waals surface area (Å²) in [5.41, 5.74) is 2.58. The highest BCUT2D eigenvalue weighted by Gasteiger charge is 2.12. The summed E-state index contributed by atoms with van der Waals surface area (Å²) in [6, 6.07) is 11.3. The van der Waals surface area contributed by atoms with E-state index in [1.165, 1.54) is 24.3 Å². The molecule has 0 aliphatic carbocycles. The number of rotatable bonds is 3. The number of carbonyl (C=O) groups excluding carboxylic acids is 1. The third-order valence-corrected chi connectivity index (χ3v) is 3.17. The average molecular weight is 284 g/mol. The molecule has 1 aromatic heterocycles. The summed E-state index contributed by atoms with van der Waals surface area (Å²) in [6.45, 7) is 1.97. The molecule has 1 heterocycles. The number of benzene rings is 2. The Labute approximate surface area is 120 Å². The van der Waals surface area contributed by atoms with Crippen LogP contribution in [0.5, 0.6) is 5.75 Å². The number of ether oxygens (including phenoxy) is 1. The van der Waals surface area contributed by atoms with E-state index in [-0.39, 0.29) is 12.2 Å². The minimum Gasteiger partial charge on any atom is -0.464 e. The molecule has 0 spiro atoms. The molecule has 3 rings (SSSR count). The molecule has 4 heteroatoms. The Kier molecular flexibility index (Phi) is 3.44. The first kappa shape index (κ1) is 13.4. The molecule has 0 amide bonds. The van der Waals surface area contributed by atoms with Crippen LogP contribution in [0.15, 0.2) is 53.1 Å². The minimum atomic E-state index is -0.455. The van der Waals surface area contributed by atoms with Crippen molar-refractivity contribution in [2.24, 2.45) is 0 Å². The zero-order valence-corrected chi connectivity index (χ0v) is 11.4. The lowest BCUT2D eigenvalue weighted by Gasteiger charge is -2.03. The van der Waals surface area contributed by atoms with E-state index in [4.69, 9.17) is 9.15 Å². The smallest absolute Gasteiger partial charge is 0.315 e. The molecule has 2 aromatic carbocycles. The lowest BCUT2D eigenvalue weighted by Crippen LogP contribution is -2.11. The van der Waals surface area contributed by atoms with Crippen molar-refractivity contribution < 1.29 is 18.3 Å². The highest BCUT2D eigenvalue weighted by Crippen LogP contribution is 2.23. The van der Waals surface area contributed by atoms with Gasteiger partial charge in [-0.3, -0.25) is 4.79 Å². The van der Waals surface area contributed by atoms with Gasteiger partial charge in [-0.1, -0.05) is 18.2 Å². The van der Waals surface area contributed by atoms with E-state index in [0.717, 1.165) is 22.1 Å². The van der Waals surface area contributed by atoms with E-state index >= 15 is 0 Å². The van der Waals surface area contributed by atoms with Crippen LogP contribution >= 0.6 is 0 Å². The molecule has 0 saturated heterocycles. The number of aryl methyl sites for hydroxylation is 1.